The number of carbonyl (C=O) groups is 1. The van der Waals surface area contributed by atoms with Gasteiger partial charge in [-0.1, -0.05) is 26.0 Å². The molecule has 0 amide bonds. The van der Waals surface area contributed by atoms with E-state index in [0.29, 0.717) is 5.82 Å². The highest BCUT2D eigenvalue weighted by molar-refractivity contribution is 5.89. The topological polar surface area (TPSA) is 62.2 Å². The molecule has 4 heteroatoms. The van der Waals surface area contributed by atoms with Crippen molar-refractivity contribution in [2.75, 3.05) is 5.32 Å². The van der Waals surface area contributed by atoms with Crippen molar-refractivity contribution < 1.29 is 9.90 Å². The van der Waals surface area contributed by atoms with Crippen LogP contribution in [0.5, 0.6) is 0 Å². The number of nitrogens with zero attached hydrogens (tertiary/aromatic N) is 1. The van der Waals surface area contributed by atoms with Gasteiger partial charge in [0.2, 0.25) is 0 Å². The maximum Gasteiger partial charge on any atom is 0.335 e. The zero-order valence-electron chi connectivity index (χ0n) is 12.8. The standard InChI is InChI=1S/C17H20N2O2/c1-10(2)14-8-13(17(20)21)9-16(18-14)19-15-7-11(3)5-6-12(15)4/h5-10H,1-4H3,(H,18,19)(H,20,21). The van der Waals surface area contributed by atoms with Crippen LogP contribution in [0.15, 0.2) is 30.3 Å². The Morgan fingerprint density at radius 1 is 1.19 bits per heavy atom. The Morgan fingerprint density at radius 3 is 2.52 bits per heavy atom. The predicted octanol–water partition coefficient (Wildman–Crippen LogP) is 4.26. The van der Waals surface area contributed by atoms with Gasteiger partial charge < -0.3 is 10.4 Å². The molecule has 0 saturated heterocycles. The van der Waals surface area contributed by atoms with Gasteiger partial charge in [0.05, 0.1) is 5.56 Å². The molecule has 0 spiro atoms. The predicted molar refractivity (Wildman–Crippen MR) is 84.5 cm³/mol. The Labute approximate surface area is 124 Å². The molecule has 110 valence electrons. The highest BCUT2D eigenvalue weighted by Crippen LogP contribution is 2.23. The zero-order valence-corrected chi connectivity index (χ0v) is 12.8. The molecule has 21 heavy (non-hydrogen) atoms. The summed E-state index contributed by atoms with van der Waals surface area (Å²) in [6.45, 7) is 8.02. The van der Waals surface area contributed by atoms with Crippen LogP contribution in [0.1, 0.15) is 46.9 Å². The molecule has 2 aromatic rings. The van der Waals surface area contributed by atoms with E-state index in [9.17, 15) is 9.90 Å². The van der Waals surface area contributed by atoms with Crippen molar-refractivity contribution >= 4 is 17.5 Å². The smallest absolute Gasteiger partial charge is 0.335 e. The van der Waals surface area contributed by atoms with Crippen LogP contribution < -0.4 is 5.32 Å². The number of pyridine rings is 1. The summed E-state index contributed by atoms with van der Waals surface area (Å²) in [6, 6.07) is 9.29. The maximum atomic E-state index is 11.2. The molecule has 1 heterocycles. The summed E-state index contributed by atoms with van der Waals surface area (Å²) in [5.74, 6) is -0.209. The summed E-state index contributed by atoms with van der Waals surface area (Å²) in [4.78, 5) is 15.8. The quantitative estimate of drug-likeness (QED) is 0.880. The van der Waals surface area contributed by atoms with Crippen LogP contribution in [0.2, 0.25) is 0 Å². The molecular weight excluding hydrogens is 264 g/mol. The van der Waals surface area contributed by atoms with Crippen LogP contribution in [0.4, 0.5) is 11.5 Å². The van der Waals surface area contributed by atoms with Crippen molar-refractivity contribution in [3.8, 4) is 0 Å². The van der Waals surface area contributed by atoms with Crippen molar-refractivity contribution in [2.24, 2.45) is 0 Å². The average molecular weight is 284 g/mol. The number of aromatic nitrogens is 1. The molecule has 0 aliphatic carbocycles. The Hall–Kier alpha value is -2.36. The van der Waals surface area contributed by atoms with Gasteiger partial charge in [-0.2, -0.15) is 0 Å². The number of carboxylic acids is 1. The molecule has 0 bridgehead atoms. The van der Waals surface area contributed by atoms with Gasteiger partial charge in [0.15, 0.2) is 0 Å². The first kappa shape index (κ1) is 15.0. The van der Waals surface area contributed by atoms with E-state index in [0.717, 1.165) is 22.5 Å². The number of aromatic carboxylic acids is 1. The second kappa shape index (κ2) is 5.95. The Bertz CT molecular complexity index is 678. The summed E-state index contributed by atoms with van der Waals surface area (Å²) >= 11 is 0. The van der Waals surface area contributed by atoms with Crippen molar-refractivity contribution in [1.29, 1.82) is 0 Å². The molecule has 0 aliphatic rings. The fraction of sp³-hybridized carbons (Fsp3) is 0.294. The van der Waals surface area contributed by atoms with Crippen LogP contribution >= 0.6 is 0 Å². The number of hydrogen-bond donors (Lipinski definition) is 2. The molecule has 0 unspecified atom stereocenters. The van der Waals surface area contributed by atoms with Crippen molar-refractivity contribution in [3.05, 3.63) is 52.7 Å². The van der Waals surface area contributed by atoms with Crippen LogP contribution in [0.25, 0.3) is 0 Å². The molecule has 0 fully saturated rings. The van der Waals surface area contributed by atoms with E-state index < -0.39 is 5.97 Å². The van der Waals surface area contributed by atoms with Crippen LogP contribution in [0.3, 0.4) is 0 Å². The summed E-state index contributed by atoms with van der Waals surface area (Å²) in [5, 5.41) is 12.5. The molecule has 0 radical (unpaired) electrons. The normalized spacial score (nSPS) is 10.7. The third kappa shape index (κ3) is 3.60. The molecule has 0 aliphatic heterocycles. The van der Waals surface area contributed by atoms with Gasteiger partial charge in [-0.15, -0.1) is 0 Å². The van der Waals surface area contributed by atoms with Gasteiger partial charge in [0, 0.05) is 11.4 Å². The Kier molecular flexibility index (Phi) is 4.26. The van der Waals surface area contributed by atoms with Gasteiger partial charge in [-0.05, 0) is 49.1 Å². The van der Waals surface area contributed by atoms with Gasteiger partial charge >= 0.3 is 5.97 Å². The molecule has 1 aromatic carbocycles. The minimum atomic E-state index is -0.941. The number of benzene rings is 1. The maximum absolute atomic E-state index is 11.2. The highest BCUT2D eigenvalue weighted by atomic mass is 16.4. The number of carboxylic acid groups (broad SMARTS) is 1. The molecule has 2 rings (SSSR count). The third-order valence-electron chi connectivity index (χ3n) is 3.34. The Morgan fingerprint density at radius 2 is 1.90 bits per heavy atom. The first-order valence-electron chi connectivity index (χ1n) is 6.96. The summed E-state index contributed by atoms with van der Waals surface area (Å²) < 4.78 is 0. The molecule has 1 aromatic heterocycles. The Balaban J connectivity index is 2.43. The molecule has 0 saturated carbocycles. The lowest BCUT2D eigenvalue weighted by molar-refractivity contribution is 0.0696. The fourth-order valence-electron chi connectivity index (χ4n) is 2.04. The highest BCUT2D eigenvalue weighted by Gasteiger charge is 2.11. The van der Waals surface area contributed by atoms with E-state index in [2.05, 4.69) is 10.3 Å². The lowest BCUT2D eigenvalue weighted by Crippen LogP contribution is -2.05. The average Bonchev–Trinajstić information content (AvgIpc) is 2.42. The van der Waals surface area contributed by atoms with E-state index in [4.69, 9.17) is 0 Å². The first-order valence-corrected chi connectivity index (χ1v) is 6.96. The minimum absolute atomic E-state index is 0.170. The molecule has 4 nitrogen and oxygen atoms in total. The number of hydrogen-bond acceptors (Lipinski definition) is 3. The lowest BCUT2D eigenvalue weighted by Gasteiger charge is -2.13. The summed E-state index contributed by atoms with van der Waals surface area (Å²) in [7, 11) is 0. The zero-order chi connectivity index (χ0) is 15.6. The van der Waals surface area contributed by atoms with Crippen molar-refractivity contribution in [1.82, 2.24) is 4.98 Å². The van der Waals surface area contributed by atoms with Gasteiger partial charge in [-0.3, -0.25) is 0 Å². The van der Waals surface area contributed by atoms with E-state index in [1.807, 2.05) is 45.9 Å². The number of anilines is 2. The summed E-state index contributed by atoms with van der Waals surface area (Å²) in [6.07, 6.45) is 0. The van der Waals surface area contributed by atoms with E-state index >= 15 is 0 Å². The van der Waals surface area contributed by atoms with E-state index in [-0.39, 0.29) is 11.5 Å². The second-order valence-corrected chi connectivity index (χ2v) is 5.57. The number of rotatable bonds is 4. The van der Waals surface area contributed by atoms with E-state index in [1.165, 1.54) is 0 Å². The van der Waals surface area contributed by atoms with Gasteiger partial charge in [0.1, 0.15) is 5.82 Å². The first-order chi connectivity index (χ1) is 9.86. The van der Waals surface area contributed by atoms with Gasteiger partial charge in [0.25, 0.3) is 0 Å². The lowest BCUT2D eigenvalue weighted by atomic mass is 10.1. The van der Waals surface area contributed by atoms with E-state index in [1.54, 1.807) is 12.1 Å². The molecular formula is C17H20N2O2. The van der Waals surface area contributed by atoms with Crippen LogP contribution in [-0.2, 0) is 0 Å². The molecule has 2 N–H and O–H groups in total. The second-order valence-electron chi connectivity index (χ2n) is 5.57. The monoisotopic (exact) mass is 284 g/mol. The van der Waals surface area contributed by atoms with Crippen molar-refractivity contribution in [2.45, 2.75) is 33.6 Å². The third-order valence-corrected chi connectivity index (χ3v) is 3.34. The molecule has 0 atom stereocenters. The number of nitrogens with one attached hydrogen (secondary N) is 1. The van der Waals surface area contributed by atoms with Crippen LogP contribution in [0, 0.1) is 13.8 Å². The van der Waals surface area contributed by atoms with Crippen molar-refractivity contribution in [3.63, 3.8) is 0 Å². The fourth-order valence-corrected chi connectivity index (χ4v) is 2.04. The largest absolute Gasteiger partial charge is 0.478 e. The van der Waals surface area contributed by atoms with Crippen LogP contribution in [-0.4, -0.2) is 16.1 Å². The summed E-state index contributed by atoms with van der Waals surface area (Å²) in [5.41, 5.74) is 4.19. The van der Waals surface area contributed by atoms with Gasteiger partial charge in [-0.25, -0.2) is 9.78 Å². The minimum Gasteiger partial charge on any atom is -0.478 e. The number of aryl methyl sites for hydroxylation is 2. The SMILES string of the molecule is Cc1ccc(C)c(Nc2cc(C(=O)O)cc(C(C)C)n2)c1.